The fraction of sp³-hybridized carbons (Fsp3) is 0.882. The van der Waals surface area contributed by atoms with Crippen LogP contribution in [0.2, 0.25) is 0 Å². The van der Waals surface area contributed by atoms with Gasteiger partial charge in [-0.2, -0.15) is 0 Å². The van der Waals surface area contributed by atoms with Crippen molar-refractivity contribution in [1.82, 2.24) is 14.7 Å². The Hall–Kier alpha value is -1.14. The minimum atomic E-state index is -0.714. The van der Waals surface area contributed by atoms with Gasteiger partial charge in [-0.1, -0.05) is 13.8 Å². The summed E-state index contributed by atoms with van der Waals surface area (Å²) in [6.45, 7) is 11.8. The second kappa shape index (κ2) is 7.18. The second-order valence-electron chi connectivity index (χ2n) is 7.79. The molecule has 2 aliphatic heterocycles. The summed E-state index contributed by atoms with van der Waals surface area (Å²) in [5.41, 5.74) is -0.714. The van der Waals surface area contributed by atoms with E-state index in [9.17, 15) is 14.7 Å². The topological polar surface area (TPSA) is 64.1 Å². The van der Waals surface area contributed by atoms with Crippen molar-refractivity contribution in [2.45, 2.75) is 52.2 Å². The summed E-state index contributed by atoms with van der Waals surface area (Å²) in [7, 11) is 0. The van der Waals surface area contributed by atoms with Gasteiger partial charge in [0.25, 0.3) is 0 Å². The molecule has 2 amide bonds. The van der Waals surface area contributed by atoms with E-state index in [4.69, 9.17) is 0 Å². The normalized spacial score (nSPS) is 22.1. The number of hydrogen-bond acceptors (Lipinski definition) is 4. The van der Waals surface area contributed by atoms with Crippen LogP contribution in [0.1, 0.15) is 40.5 Å². The fourth-order valence-electron chi connectivity index (χ4n) is 3.60. The minimum absolute atomic E-state index is 0.0816. The van der Waals surface area contributed by atoms with E-state index >= 15 is 0 Å². The summed E-state index contributed by atoms with van der Waals surface area (Å²) >= 11 is 0. The molecule has 2 rings (SSSR count). The van der Waals surface area contributed by atoms with Gasteiger partial charge in [-0.15, -0.1) is 0 Å². The molecule has 0 aliphatic carbocycles. The fourth-order valence-corrected chi connectivity index (χ4v) is 3.60. The Labute approximate surface area is 139 Å². The van der Waals surface area contributed by atoms with Gasteiger partial charge in [-0.3, -0.25) is 14.5 Å². The van der Waals surface area contributed by atoms with E-state index in [1.165, 1.54) is 0 Å². The lowest BCUT2D eigenvalue weighted by Gasteiger charge is -2.40. The van der Waals surface area contributed by atoms with E-state index in [0.717, 1.165) is 19.5 Å². The lowest BCUT2D eigenvalue weighted by Crippen LogP contribution is -2.57. The number of carbonyl (C=O) groups is 2. The van der Waals surface area contributed by atoms with Crippen LogP contribution in [0.3, 0.4) is 0 Å². The molecule has 0 aromatic rings. The van der Waals surface area contributed by atoms with Crippen LogP contribution in [0.25, 0.3) is 0 Å². The maximum Gasteiger partial charge on any atom is 0.245 e. The molecule has 0 bridgehead atoms. The predicted molar refractivity (Wildman–Crippen MR) is 88.9 cm³/mol. The Bertz CT molecular complexity index is 437. The van der Waals surface area contributed by atoms with Crippen molar-refractivity contribution in [1.29, 1.82) is 0 Å². The highest BCUT2D eigenvalue weighted by Gasteiger charge is 2.38. The lowest BCUT2D eigenvalue weighted by molar-refractivity contribution is -0.146. The molecule has 6 heteroatoms. The Balaban J connectivity index is 1.95. The molecule has 2 fully saturated rings. The highest BCUT2D eigenvalue weighted by Crippen LogP contribution is 2.21. The quantitative estimate of drug-likeness (QED) is 0.802. The molecule has 6 nitrogen and oxygen atoms in total. The molecule has 0 saturated carbocycles. The third-order valence-corrected chi connectivity index (χ3v) is 4.62. The van der Waals surface area contributed by atoms with Crippen molar-refractivity contribution in [3.8, 4) is 0 Å². The van der Waals surface area contributed by atoms with Crippen LogP contribution in [0.4, 0.5) is 0 Å². The predicted octanol–water partition coefficient (Wildman–Crippen LogP) is 0.549. The van der Waals surface area contributed by atoms with Gasteiger partial charge in [0.2, 0.25) is 11.8 Å². The third-order valence-electron chi connectivity index (χ3n) is 4.62. The van der Waals surface area contributed by atoms with Gasteiger partial charge in [0.1, 0.15) is 6.04 Å². The first kappa shape index (κ1) is 18.2. The van der Waals surface area contributed by atoms with Crippen molar-refractivity contribution < 1.29 is 14.7 Å². The summed E-state index contributed by atoms with van der Waals surface area (Å²) in [4.78, 5) is 30.8. The summed E-state index contributed by atoms with van der Waals surface area (Å²) < 4.78 is 0. The summed E-state index contributed by atoms with van der Waals surface area (Å²) in [6, 6.07) is -0.328. The molecule has 0 spiro atoms. The Morgan fingerprint density at radius 1 is 1.17 bits per heavy atom. The van der Waals surface area contributed by atoms with Gasteiger partial charge < -0.3 is 14.9 Å². The number of likely N-dealkylation sites (tertiary alicyclic amines) is 1. The number of nitrogens with zero attached hydrogens (tertiary/aromatic N) is 3. The highest BCUT2D eigenvalue weighted by atomic mass is 16.3. The number of carbonyl (C=O) groups excluding carboxylic acids is 2. The number of piperazine rings is 1. The monoisotopic (exact) mass is 325 g/mol. The number of rotatable bonds is 5. The smallest absolute Gasteiger partial charge is 0.245 e. The molecular formula is C17H31N3O3. The zero-order valence-corrected chi connectivity index (χ0v) is 14.9. The molecule has 0 aromatic carbocycles. The van der Waals surface area contributed by atoms with Gasteiger partial charge in [-0.05, 0) is 26.2 Å². The highest BCUT2D eigenvalue weighted by molar-refractivity contribution is 5.89. The Morgan fingerprint density at radius 3 is 2.22 bits per heavy atom. The number of hydrogen-bond donors (Lipinski definition) is 1. The summed E-state index contributed by atoms with van der Waals surface area (Å²) in [5.74, 6) is 0.315. The van der Waals surface area contributed by atoms with Gasteiger partial charge in [0, 0.05) is 45.7 Å². The molecule has 1 atom stereocenters. The Morgan fingerprint density at radius 2 is 1.78 bits per heavy atom. The largest absolute Gasteiger partial charge is 0.389 e. The van der Waals surface area contributed by atoms with Crippen LogP contribution < -0.4 is 0 Å². The van der Waals surface area contributed by atoms with Crippen molar-refractivity contribution in [2.75, 3.05) is 39.3 Å². The van der Waals surface area contributed by atoms with Crippen LogP contribution in [-0.2, 0) is 9.59 Å². The van der Waals surface area contributed by atoms with Crippen molar-refractivity contribution in [2.24, 2.45) is 5.92 Å². The van der Waals surface area contributed by atoms with Gasteiger partial charge in [0.15, 0.2) is 0 Å². The van der Waals surface area contributed by atoms with Crippen molar-refractivity contribution in [3.05, 3.63) is 0 Å². The average molecular weight is 325 g/mol. The molecule has 1 N–H and O–H groups in total. The van der Waals surface area contributed by atoms with Crippen molar-refractivity contribution in [3.63, 3.8) is 0 Å². The third kappa shape index (κ3) is 4.67. The molecule has 2 heterocycles. The van der Waals surface area contributed by atoms with E-state index in [-0.39, 0.29) is 23.8 Å². The summed E-state index contributed by atoms with van der Waals surface area (Å²) in [5, 5.41) is 9.91. The molecular weight excluding hydrogens is 294 g/mol. The van der Waals surface area contributed by atoms with E-state index in [0.29, 0.717) is 32.6 Å². The first-order valence-corrected chi connectivity index (χ1v) is 8.72. The second-order valence-corrected chi connectivity index (χ2v) is 7.79. The molecule has 0 unspecified atom stereocenters. The SMILES string of the molecule is CC(C)[C@@H](C(=O)N1CCN(CC(C)(C)O)CC1)N1CCCC1=O. The maximum atomic E-state index is 12.9. The van der Waals surface area contributed by atoms with Gasteiger partial charge in [0.05, 0.1) is 5.60 Å². The summed E-state index contributed by atoms with van der Waals surface area (Å²) in [6.07, 6.45) is 1.42. The van der Waals surface area contributed by atoms with E-state index in [1.54, 1.807) is 18.7 Å². The van der Waals surface area contributed by atoms with Crippen molar-refractivity contribution >= 4 is 11.8 Å². The van der Waals surface area contributed by atoms with Crippen LogP contribution in [0.15, 0.2) is 0 Å². The van der Waals surface area contributed by atoms with Crippen LogP contribution >= 0.6 is 0 Å². The molecule has 0 radical (unpaired) electrons. The van der Waals surface area contributed by atoms with E-state index in [2.05, 4.69) is 4.90 Å². The zero-order chi connectivity index (χ0) is 17.2. The molecule has 132 valence electrons. The molecule has 2 aliphatic rings. The molecule has 2 saturated heterocycles. The maximum absolute atomic E-state index is 12.9. The number of aliphatic hydroxyl groups is 1. The van der Waals surface area contributed by atoms with Gasteiger partial charge >= 0.3 is 0 Å². The lowest BCUT2D eigenvalue weighted by atomic mass is 10.0. The first-order valence-electron chi connectivity index (χ1n) is 8.72. The van der Waals surface area contributed by atoms with Crippen LogP contribution in [0, 0.1) is 5.92 Å². The number of β-amino-alcohol motifs (C(OH)–C–C–N with tert-alkyl or cyclic N) is 1. The molecule has 23 heavy (non-hydrogen) atoms. The van der Waals surface area contributed by atoms with Crippen LogP contribution in [-0.4, -0.2) is 82.5 Å². The Kier molecular flexibility index (Phi) is 5.68. The van der Waals surface area contributed by atoms with E-state index in [1.807, 2.05) is 18.7 Å². The zero-order valence-electron chi connectivity index (χ0n) is 14.9. The first-order chi connectivity index (χ1) is 10.7. The molecule has 0 aromatic heterocycles. The van der Waals surface area contributed by atoms with Crippen LogP contribution in [0.5, 0.6) is 0 Å². The van der Waals surface area contributed by atoms with Gasteiger partial charge in [-0.25, -0.2) is 0 Å². The average Bonchev–Trinajstić information content (AvgIpc) is 2.84. The standard InChI is InChI=1S/C17H31N3O3/c1-13(2)15(20-7-5-6-14(20)21)16(22)19-10-8-18(9-11-19)12-17(3,4)23/h13,15,23H,5-12H2,1-4H3/t15-/m0/s1. The number of amides is 2. The minimum Gasteiger partial charge on any atom is -0.389 e. The van der Waals surface area contributed by atoms with E-state index < -0.39 is 5.60 Å².